The molecule has 0 aliphatic heterocycles. The third kappa shape index (κ3) is 6.90. The van der Waals surface area contributed by atoms with Crippen molar-refractivity contribution in [2.75, 3.05) is 6.61 Å². The number of carbonyl (C=O) groups is 2. The first kappa shape index (κ1) is 25.9. The summed E-state index contributed by atoms with van der Waals surface area (Å²) in [7, 11) is 0. The molecule has 2 atom stereocenters. The lowest BCUT2D eigenvalue weighted by atomic mass is 9.90. The molecular formula is C28H32N2O5. The number of ether oxygens (including phenoxy) is 1. The molecule has 3 N–H and O–H groups in total. The number of hydrogen-bond acceptors (Lipinski definition) is 5. The molecule has 35 heavy (non-hydrogen) atoms. The molecule has 7 nitrogen and oxygen atoms in total. The highest BCUT2D eigenvalue weighted by Gasteiger charge is 2.25. The van der Waals surface area contributed by atoms with Gasteiger partial charge in [-0.05, 0) is 35.6 Å². The standard InChI is InChI=1S/C28H32N2O5/c1-18-10-8-9-13-20(18)22(16-25(32)33)30-27(34)21-14-15-23(35-17-24(31)28(2,3)4)26(29-21)19-11-6-5-7-12-19/h5-15,22,24,31H,16-17H2,1-4H3,(H,30,34)(H,32,33)/t22-,24+/m0/s1. The number of aromatic nitrogens is 1. The van der Waals surface area contributed by atoms with Gasteiger partial charge in [0, 0.05) is 5.56 Å². The van der Waals surface area contributed by atoms with Crippen molar-refractivity contribution < 1.29 is 24.5 Å². The molecule has 0 radical (unpaired) electrons. The average Bonchev–Trinajstić information content (AvgIpc) is 2.82. The summed E-state index contributed by atoms with van der Waals surface area (Å²) in [4.78, 5) is 29.2. The zero-order valence-electron chi connectivity index (χ0n) is 20.5. The Morgan fingerprint density at radius 1 is 1.00 bits per heavy atom. The smallest absolute Gasteiger partial charge is 0.305 e. The van der Waals surface area contributed by atoms with E-state index in [1.165, 1.54) is 6.07 Å². The van der Waals surface area contributed by atoms with E-state index in [1.54, 1.807) is 6.07 Å². The van der Waals surface area contributed by atoms with Crippen LogP contribution < -0.4 is 10.1 Å². The van der Waals surface area contributed by atoms with Gasteiger partial charge in [-0.15, -0.1) is 0 Å². The Hall–Kier alpha value is -3.71. The molecule has 3 rings (SSSR count). The lowest BCUT2D eigenvalue weighted by Crippen LogP contribution is -2.32. The van der Waals surface area contributed by atoms with Crippen molar-refractivity contribution >= 4 is 11.9 Å². The summed E-state index contributed by atoms with van der Waals surface area (Å²) in [5, 5.41) is 22.6. The van der Waals surface area contributed by atoms with E-state index >= 15 is 0 Å². The average molecular weight is 477 g/mol. The van der Waals surface area contributed by atoms with E-state index < -0.39 is 24.0 Å². The second-order valence-corrected chi connectivity index (χ2v) is 9.58. The normalized spacial score (nSPS) is 13.1. The van der Waals surface area contributed by atoms with Gasteiger partial charge in [0.15, 0.2) is 0 Å². The highest BCUT2D eigenvalue weighted by molar-refractivity contribution is 5.93. The van der Waals surface area contributed by atoms with Crippen LogP contribution in [0.1, 0.15) is 54.8 Å². The second kappa shape index (κ2) is 11.1. The van der Waals surface area contributed by atoms with Gasteiger partial charge in [0.05, 0.1) is 18.6 Å². The second-order valence-electron chi connectivity index (χ2n) is 9.58. The number of amides is 1. The molecule has 1 heterocycles. The quantitative estimate of drug-likeness (QED) is 0.410. The van der Waals surface area contributed by atoms with Gasteiger partial charge in [-0.2, -0.15) is 0 Å². The number of benzene rings is 2. The first-order valence-corrected chi connectivity index (χ1v) is 11.5. The zero-order chi connectivity index (χ0) is 25.6. The molecule has 0 fully saturated rings. The Labute approximate surface area is 205 Å². The maximum atomic E-state index is 13.2. The lowest BCUT2D eigenvalue weighted by Gasteiger charge is -2.26. The van der Waals surface area contributed by atoms with E-state index in [9.17, 15) is 19.8 Å². The van der Waals surface area contributed by atoms with E-state index in [1.807, 2.05) is 82.3 Å². The molecule has 0 spiro atoms. The van der Waals surface area contributed by atoms with Gasteiger partial charge in [-0.1, -0.05) is 75.4 Å². The monoisotopic (exact) mass is 476 g/mol. The van der Waals surface area contributed by atoms with Crippen LogP contribution in [0.25, 0.3) is 11.3 Å². The van der Waals surface area contributed by atoms with Gasteiger partial charge in [0.25, 0.3) is 5.91 Å². The van der Waals surface area contributed by atoms with Crippen LogP contribution in [0, 0.1) is 12.3 Å². The number of aliphatic carboxylic acids is 1. The van der Waals surface area contributed by atoms with Crippen LogP contribution in [0.4, 0.5) is 0 Å². The molecule has 0 saturated carbocycles. The van der Waals surface area contributed by atoms with Crippen molar-refractivity contribution in [1.82, 2.24) is 10.3 Å². The minimum atomic E-state index is -1.02. The van der Waals surface area contributed by atoms with Gasteiger partial charge in [-0.3, -0.25) is 9.59 Å². The molecule has 2 aromatic carbocycles. The minimum Gasteiger partial charge on any atom is -0.489 e. The fraction of sp³-hybridized carbons (Fsp3) is 0.321. The number of nitrogens with one attached hydrogen (secondary N) is 1. The molecule has 0 aliphatic carbocycles. The Kier molecular flexibility index (Phi) is 8.25. The molecule has 0 bridgehead atoms. The highest BCUT2D eigenvalue weighted by atomic mass is 16.5. The number of aliphatic hydroxyl groups is 1. The van der Waals surface area contributed by atoms with Crippen LogP contribution in [0.15, 0.2) is 66.7 Å². The van der Waals surface area contributed by atoms with Crippen molar-refractivity contribution in [2.24, 2.45) is 5.41 Å². The Bertz CT molecular complexity index is 1170. The first-order valence-electron chi connectivity index (χ1n) is 11.5. The lowest BCUT2D eigenvalue weighted by molar-refractivity contribution is -0.137. The molecule has 1 amide bonds. The molecule has 3 aromatic rings. The largest absolute Gasteiger partial charge is 0.489 e. The van der Waals surface area contributed by atoms with Gasteiger partial charge in [0.1, 0.15) is 23.7 Å². The number of nitrogens with zero attached hydrogens (tertiary/aromatic N) is 1. The van der Waals surface area contributed by atoms with E-state index in [2.05, 4.69) is 10.3 Å². The van der Waals surface area contributed by atoms with Gasteiger partial charge in [-0.25, -0.2) is 4.98 Å². The number of pyridine rings is 1. The summed E-state index contributed by atoms with van der Waals surface area (Å²) in [5.41, 5.74) is 2.63. The molecule has 0 unspecified atom stereocenters. The first-order chi connectivity index (χ1) is 16.6. The van der Waals surface area contributed by atoms with Crippen LogP contribution in [-0.2, 0) is 4.79 Å². The number of carboxylic acids is 1. The Balaban J connectivity index is 1.91. The molecular weight excluding hydrogens is 444 g/mol. The van der Waals surface area contributed by atoms with Crippen molar-refractivity contribution in [1.29, 1.82) is 0 Å². The number of carbonyl (C=O) groups excluding carboxylic acids is 1. The third-order valence-corrected chi connectivity index (χ3v) is 5.78. The van der Waals surface area contributed by atoms with E-state index in [0.29, 0.717) is 11.4 Å². The molecule has 0 saturated heterocycles. The predicted molar refractivity (Wildman–Crippen MR) is 134 cm³/mol. The molecule has 0 aliphatic rings. The van der Waals surface area contributed by atoms with Crippen LogP contribution in [0.3, 0.4) is 0 Å². The summed E-state index contributed by atoms with van der Waals surface area (Å²) < 4.78 is 5.91. The Morgan fingerprint density at radius 3 is 2.29 bits per heavy atom. The summed E-state index contributed by atoms with van der Waals surface area (Å²) in [6, 6.07) is 19.2. The van der Waals surface area contributed by atoms with Crippen LogP contribution in [-0.4, -0.2) is 39.8 Å². The van der Waals surface area contributed by atoms with Crippen LogP contribution >= 0.6 is 0 Å². The summed E-state index contributed by atoms with van der Waals surface area (Å²) in [5.74, 6) is -1.06. The predicted octanol–water partition coefficient (Wildman–Crippen LogP) is 4.79. The maximum Gasteiger partial charge on any atom is 0.305 e. The number of carboxylic acid groups (broad SMARTS) is 1. The van der Waals surface area contributed by atoms with Crippen molar-refractivity contribution in [3.8, 4) is 17.0 Å². The van der Waals surface area contributed by atoms with Crippen molar-refractivity contribution in [3.63, 3.8) is 0 Å². The van der Waals surface area contributed by atoms with Crippen LogP contribution in [0.5, 0.6) is 5.75 Å². The van der Waals surface area contributed by atoms with Crippen molar-refractivity contribution in [3.05, 3.63) is 83.6 Å². The van der Waals surface area contributed by atoms with Gasteiger partial charge < -0.3 is 20.3 Å². The fourth-order valence-electron chi connectivity index (χ4n) is 3.53. The SMILES string of the molecule is Cc1ccccc1[C@H](CC(=O)O)NC(=O)c1ccc(OC[C@@H](O)C(C)(C)C)c(-c2ccccc2)n1. The summed E-state index contributed by atoms with van der Waals surface area (Å²) in [6.07, 6.45) is -0.950. The Morgan fingerprint density at radius 2 is 1.66 bits per heavy atom. The number of rotatable bonds is 9. The summed E-state index contributed by atoms with van der Waals surface area (Å²) >= 11 is 0. The highest BCUT2D eigenvalue weighted by Crippen LogP contribution is 2.30. The molecule has 1 aromatic heterocycles. The van der Waals surface area contributed by atoms with Gasteiger partial charge in [0.2, 0.25) is 0 Å². The maximum absolute atomic E-state index is 13.2. The van der Waals surface area contributed by atoms with Gasteiger partial charge >= 0.3 is 5.97 Å². The number of aryl methyl sites for hydroxylation is 1. The van der Waals surface area contributed by atoms with E-state index in [-0.39, 0.29) is 24.1 Å². The molecule has 184 valence electrons. The van der Waals surface area contributed by atoms with Crippen molar-refractivity contribution in [2.45, 2.75) is 46.3 Å². The van der Waals surface area contributed by atoms with E-state index in [0.717, 1.165) is 16.7 Å². The summed E-state index contributed by atoms with van der Waals surface area (Å²) in [6.45, 7) is 7.72. The van der Waals surface area contributed by atoms with Crippen LogP contribution in [0.2, 0.25) is 0 Å². The zero-order valence-corrected chi connectivity index (χ0v) is 20.5. The minimum absolute atomic E-state index is 0.0739. The molecule has 7 heteroatoms. The topological polar surface area (TPSA) is 109 Å². The fourth-order valence-corrected chi connectivity index (χ4v) is 3.53. The number of aliphatic hydroxyl groups excluding tert-OH is 1. The third-order valence-electron chi connectivity index (χ3n) is 5.78. The number of hydrogen-bond donors (Lipinski definition) is 3. The van der Waals surface area contributed by atoms with E-state index in [4.69, 9.17) is 4.74 Å².